The lowest BCUT2D eigenvalue weighted by Gasteiger charge is -2.21. The van der Waals surface area contributed by atoms with E-state index in [1.165, 1.54) is 199 Å². The molecule has 0 aliphatic carbocycles. The quantitative estimate of drug-likeness (QED) is 0.0222. The van der Waals surface area contributed by atoms with Gasteiger partial charge < -0.3 is 33.8 Å². The molecular formula is C72H140O17P2. The summed E-state index contributed by atoms with van der Waals surface area (Å²) in [6.07, 6.45) is 52.5. The van der Waals surface area contributed by atoms with Crippen molar-refractivity contribution in [3.8, 4) is 0 Å². The van der Waals surface area contributed by atoms with Gasteiger partial charge in [0, 0.05) is 25.7 Å². The third-order valence-electron chi connectivity index (χ3n) is 16.8. The van der Waals surface area contributed by atoms with E-state index in [1.54, 1.807) is 0 Å². The highest BCUT2D eigenvalue weighted by Gasteiger charge is 2.30. The van der Waals surface area contributed by atoms with Crippen LogP contribution in [0.4, 0.5) is 0 Å². The van der Waals surface area contributed by atoms with Crippen molar-refractivity contribution in [2.75, 3.05) is 39.6 Å². The molecule has 0 aromatic heterocycles. The summed E-state index contributed by atoms with van der Waals surface area (Å²) < 4.78 is 68.4. The number of hydrogen-bond donors (Lipinski definition) is 3. The first-order chi connectivity index (χ1) is 44.0. The Bertz CT molecular complexity index is 1750. The lowest BCUT2D eigenvalue weighted by molar-refractivity contribution is -0.161. The van der Waals surface area contributed by atoms with E-state index in [-0.39, 0.29) is 25.7 Å². The number of aliphatic hydroxyl groups is 1. The van der Waals surface area contributed by atoms with Crippen LogP contribution in [-0.2, 0) is 65.4 Å². The van der Waals surface area contributed by atoms with E-state index in [2.05, 4.69) is 34.6 Å². The zero-order valence-corrected chi connectivity index (χ0v) is 60.8. The predicted molar refractivity (Wildman–Crippen MR) is 368 cm³/mol. The molecule has 19 heteroatoms. The average molecular weight is 1340 g/mol. The number of unbranched alkanes of at least 4 members (excludes halogenated alkanes) is 44. The first-order valence-corrected chi connectivity index (χ1v) is 40.6. The van der Waals surface area contributed by atoms with E-state index in [0.29, 0.717) is 25.7 Å². The molecule has 0 saturated heterocycles. The van der Waals surface area contributed by atoms with Gasteiger partial charge in [-0.1, -0.05) is 324 Å². The molecule has 0 spiro atoms. The van der Waals surface area contributed by atoms with Crippen LogP contribution in [-0.4, -0.2) is 96.7 Å². The summed E-state index contributed by atoms with van der Waals surface area (Å²) in [5.41, 5.74) is 0. The van der Waals surface area contributed by atoms with Gasteiger partial charge in [0.25, 0.3) is 0 Å². The second-order valence-corrected chi connectivity index (χ2v) is 29.4. The molecule has 0 bridgehead atoms. The van der Waals surface area contributed by atoms with Gasteiger partial charge in [0.15, 0.2) is 12.2 Å². The van der Waals surface area contributed by atoms with Crippen molar-refractivity contribution in [1.82, 2.24) is 0 Å². The standard InChI is InChI=1S/C72H140O17P2/c1-6-9-12-15-18-21-23-25-27-31-36-41-46-51-56-70(75)83-62-68(89-72(77)58-53-48-43-38-33-29-30-35-39-44-49-54-65(4)5)64-87-91(80,81)85-60-66(73)59-84-90(78,79)86-63-67(61-82-69(74)55-50-45-40-34-20-17-14-11-8-3)88-71(76)57-52-47-42-37-32-28-26-24-22-19-16-13-10-7-2/h65-68,73H,6-64H2,1-5H3,(H,78,79)(H,80,81)/t66-,67+,68+/m0/s1. The van der Waals surface area contributed by atoms with Crippen LogP contribution < -0.4 is 0 Å². The summed E-state index contributed by atoms with van der Waals surface area (Å²) in [5.74, 6) is -1.35. The highest BCUT2D eigenvalue weighted by atomic mass is 31.2. The fraction of sp³-hybridized carbons (Fsp3) is 0.944. The molecule has 0 fully saturated rings. The predicted octanol–water partition coefficient (Wildman–Crippen LogP) is 20.9. The Labute approximate surface area is 556 Å². The number of carbonyl (C=O) groups is 4. The zero-order valence-electron chi connectivity index (χ0n) is 59.0. The maximum absolute atomic E-state index is 13.0. The lowest BCUT2D eigenvalue weighted by Crippen LogP contribution is -2.30. The second-order valence-electron chi connectivity index (χ2n) is 26.5. The minimum absolute atomic E-state index is 0.107. The van der Waals surface area contributed by atoms with Crippen LogP contribution in [0.1, 0.15) is 375 Å². The molecule has 0 aliphatic heterocycles. The number of hydrogen-bond acceptors (Lipinski definition) is 15. The number of aliphatic hydroxyl groups excluding tert-OH is 1. The summed E-state index contributed by atoms with van der Waals surface area (Å²) in [4.78, 5) is 72.6. The van der Waals surface area contributed by atoms with Crippen molar-refractivity contribution in [2.24, 2.45) is 5.92 Å². The summed E-state index contributed by atoms with van der Waals surface area (Å²) in [7, 11) is -9.90. The van der Waals surface area contributed by atoms with Crippen LogP contribution in [0, 0.1) is 5.92 Å². The molecule has 0 rings (SSSR count). The van der Waals surface area contributed by atoms with Gasteiger partial charge in [0.1, 0.15) is 19.3 Å². The average Bonchev–Trinajstić information content (AvgIpc) is 2.45. The van der Waals surface area contributed by atoms with Gasteiger partial charge in [-0.3, -0.25) is 37.3 Å². The molecular weight excluding hydrogens is 1200 g/mol. The van der Waals surface area contributed by atoms with Gasteiger partial charge in [-0.05, 0) is 31.6 Å². The van der Waals surface area contributed by atoms with Gasteiger partial charge in [0.2, 0.25) is 0 Å². The van der Waals surface area contributed by atoms with Crippen molar-refractivity contribution >= 4 is 39.5 Å². The molecule has 91 heavy (non-hydrogen) atoms. The Morgan fingerprint density at radius 1 is 0.297 bits per heavy atom. The third-order valence-corrected chi connectivity index (χ3v) is 18.7. The summed E-state index contributed by atoms with van der Waals surface area (Å²) in [6, 6.07) is 0. The molecule has 3 N–H and O–H groups in total. The maximum atomic E-state index is 13.0. The van der Waals surface area contributed by atoms with E-state index in [9.17, 15) is 43.2 Å². The first-order valence-electron chi connectivity index (χ1n) is 37.6. The Balaban J connectivity index is 5.24. The molecule has 540 valence electrons. The highest BCUT2D eigenvalue weighted by Crippen LogP contribution is 2.45. The van der Waals surface area contributed by atoms with Crippen molar-refractivity contribution in [2.45, 2.75) is 393 Å². The Hall–Kier alpha value is -1.94. The molecule has 17 nitrogen and oxygen atoms in total. The second kappa shape index (κ2) is 65.4. The van der Waals surface area contributed by atoms with Gasteiger partial charge in [-0.25, -0.2) is 9.13 Å². The van der Waals surface area contributed by atoms with E-state index in [0.717, 1.165) is 95.8 Å². The fourth-order valence-electron chi connectivity index (χ4n) is 11.0. The molecule has 0 radical (unpaired) electrons. The number of phosphoric ester groups is 2. The first kappa shape index (κ1) is 89.1. The normalized spacial score (nSPS) is 14.0. The third kappa shape index (κ3) is 66.5. The molecule has 0 saturated carbocycles. The van der Waals surface area contributed by atoms with Crippen molar-refractivity contribution in [3.05, 3.63) is 0 Å². The molecule has 0 amide bonds. The van der Waals surface area contributed by atoms with Crippen LogP contribution >= 0.6 is 15.6 Å². The van der Waals surface area contributed by atoms with E-state index in [4.69, 9.17) is 37.0 Å². The van der Waals surface area contributed by atoms with Crippen LogP contribution in [0.15, 0.2) is 0 Å². The van der Waals surface area contributed by atoms with Crippen molar-refractivity contribution in [1.29, 1.82) is 0 Å². The van der Waals surface area contributed by atoms with Crippen LogP contribution in [0.3, 0.4) is 0 Å². The van der Waals surface area contributed by atoms with Crippen molar-refractivity contribution < 1.29 is 80.2 Å². The van der Waals surface area contributed by atoms with Gasteiger partial charge >= 0.3 is 39.5 Å². The topological polar surface area (TPSA) is 237 Å². The molecule has 0 aromatic rings. The summed E-state index contributed by atoms with van der Waals surface area (Å²) in [6.45, 7) is 7.26. The molecule has 2 unspecified atom stereocenters. The monoisotopic (exact) mass is 1340 g/mol. The Kier molecular flexibility index (Phi) is 64.0. The Morgan fingerprint density at radius 3 is 0.747 bits per heavy atom. The maximum Gasteiger partial charge on any atom is 0.472 e. The fourth-order valence-corrected chi connectivity index (χ4v) is 12.6. The zero-order chi connectivity index (χ0) is 67.0. The van der Waals surface area contributed by atoms with Gasteiger partial charge in [0.05, 0.1) is 26.4 Å². The van der Waals surface area contributed by atoms with Gasteiger partial charge in [-0.2, -0.15) is 0 Å². The van der Waals surface area contributed by atoms with Crippen LogP contribution in [0.2, 0.25) is 0 Å². The number of ether oxygens (including phenoxy) is 4. The number of carbonyl (C=O) groups excluding carboxylic acids is 4. The number of phosphoric acid groups is 2. The number of rotatable bonds is 72. The van der Waals surface area contributed by atoms with Crippen LogP contribution in [0.25, 0.3) is 0 Å². The molecule has 0 heterocycles. The highest BCUT2D eigenvalue weighted by molar-refractivity contribution is 7.47. The molecule has 0 aromatic carbocycles. The van der Waals surface area contributed by atoms with Gasteiger partial charge in [-0.15, -0.1) is 0 Å². The minimum Gasteiger partial charge on any atom is -0.462 e. The summed E-state index contributed by atoms with van der Waals surface area (Å²) in [5, 5.41) is 10.6. The smallest absolute Gasteiger partial charge is 0.462 e. The summed E-state index contributed by atoms with van der Waals surface area (Å²) >= 11 is 0. The SMILES string of the molecule is CCCCCCCCCCCCCCCCC(=O)OC[C@H](COP(=O)(O)OC[C@@H](O)COP(=O)(O)OC[C@@H](COC(=O)CCCCCCCCCCC)OC(=O)CCCCCCCCCCCCCCCC)OC(=O)CCCCCCCCCCCCCC(C)C. The molecule has 0 aliphatic rings. The largest absolute Gasteiger partial charge is 0.472 e. The van der Waals surface area contributed by atoms with Crippen molar-refractivity contribution in [3.63, 3.8) is 0 Å². The van der Waals surface area contributed by atoms with E-state index in [1.807, 2.05) is 0 Å². The lowest BCUT2D eigenvalue weighted by atomic mass is 10.0. The molecule has 5 atom stereocenters. The minimum atomic E-state index is -4.95. The van der Waals surface area contributed by atoms with E-state index < -0.39 is 97.5 Å². The van der Waals surface area contributed by atoms with Crippen LogP contribution in [0.5, 0.6) is 0 Å². The van der Waals surface area contributed by atoms with E-state index >= 15 is 0 Å². The number of esters is 4. The Morgan fingerprint density at radius 2 is 0.505 bits per heavy atom.